The van der Waals surface area contributed by atoms with E-state index in [9.17, 15) is 13.2 Å². The van der Waals surface area contributed by atoms with Gasteiger partial charge in [0.1, 0.15) is 5.25 Å². The Morgan fingerprint density at radius 1 is 1.08 bits per heavy atom. The minimum atomic E-state index is -3.67. The summed E-state index contributed by atoms with van der Waals surface area (Å²) in [5.41, 5.74) is 0.540. The first-order chi connectivity index (χ1) is 12.1. The van der Waals surface area contributed by atoms with Crippen molar-refractivity contribution in [1.82, 2.24) is 10.3 Å². The summed E-state index contributed by atoms with van der Waals surface area (Å²) in [6, 6.07) is 15.1. The molecule has 1 amide bonds. The van der Waals surface area contributed by atoms with Gasteiger partial charge in [-0.15, -0.1) is 11.3 Å². The van der Waals surface area contributed by atoms with Gasteiger partial charge in [-0.3, -0.25) is 9.78 Å². The number of hydrogen-bond donors (Lipinski definition) is 1. The number of benzene rings is 1. The summed E-state index contributed by atoms with van der Waals surface area (Å²) in [6.07, 6.45) is 3.10. The fourth-order valence-electron chi connectivity index (χ4n) is 2.43. The van der Waals surface area contributed by atoms with Crippen molar-refractivity contribution in [2.75, 3.05) is 6.54 Å². The van der Waals surface area contributed by atoms with Crippen molar-refractivity contribution in [2.24, 2.45) is 0 Å². The summed E-state index contributed by atoms with van der Waals surface area (Å²) in [4.78, 5) is 17.0. The van der Waals surface area contributed by atoms with E-state index in [-0.39, 0.29) is 17.3 Å². The Balaban J connectivity index is 1.90. The van der Waals surface area contributed by atoms with Crippen LogP contribution in [0.15, 0.2) is 77.3 Å². The largest absolute Gasteiger partial charge is 0.350 e. The predicted octanol–water partition coefficient (Wildman–Crippen LogP) is 3.09. The molecule has 3 rings (SSSR count). The Bertz CT molecular complexity index is 925. The lowest BCUT2D eigenvalue weighted by Gasteiger charge is -2.18. The highest BCUT2D eigenvalue weighted by atomic mass is 32.2. The van der Waals surface area contributed by atoms with Crippen molar-refractivity contribution < 1.29 is 13.2 Å². The Labute approximate surface area is 150 Å². The van der Waals surface area contributed by atoms with Crippen LogP contribution in [-0.4, -0.2) is 25.9 Å². The maximum atomic E-state index is 13.1. The van der Waals surface area contributed by atoms with Crippen LogP contribution in [0.4, 0.5) is 0 Å². The molecule has 0 spiro atoms. The highest BCUT2D eigenvalue weighted by Crippen LogP contribution is 2.28. The molecule has 0 aliphatic carbocycles. The van der Waals surface area contributed by atoms with Gasteiger partial charge in [0.25, 0.3) is 5.91 Å². The molecule has 0 fully saturated rings. The zero-order chi connectivity index (χ0) is 17.7. The monoisotopic (exact) mass is 372 g/mol. The molecule has 1 atom stereocenters. The van der Waals surface area contributed by atoms with Crippen LogP contribution in [0.5, 0.6) is 0 Å². The molecule has 0 bridgehead atoms. The lowest BCUT2D eigenvalue weighted by atomic mass is 10.2. The van der Waals surface area contributed by atoms with Crippen LogP contribution in [0.3, 0.4) is 0 Å². The fourth-order valence-corrected chi connectivity index (χ4v) is 4.73. The average molecular weight is 372 g/mol. The molecule has 7 heteroatoms. The summed E-state index contributed by atoms with van der Waals surface area (Å²) in [5.74, 6) is -0.285. The van der Waals surface area contributed by atoms with Crippen LogP contribution in [0.25, 0.3) is 0 Å². The molecule has 1 N–H and O–H groups in total. The van der Waals surface area contributed by atoms with Crippen LogP contribution in [-0.2, 0) is 9.84 Å². The summed E-state index contributed by atoms with van der Waals surface area (Å²) < 4.78 is 26.1. The van der Waals surface area contributed by atoms with Gasteiger partial charge in [0, 0.05) is 18.9 Å². The molecule has 0 aliphatic heterocycles. The number of carbonyl (C=O) groups is 1. The van der Waals surface area contributed by atoms with Gasteiger partial charge in [0.15, 0.2) is 9.84 Å². The molecule has 1 aromatic carbocycles. The number of nitrogens with zero attached hydrogens (tertiary/aromatic N) is 1. The summed E-state index contributed by atoms with van der Waals surface area (Å²) in [5, 5.41) is 3.61. The normalized spacial score (nSPS) is 12.5. The Morgan fingerprint density at radius 3 is 2.52 bits per heavy atom. The van der Waals surface area contributed by atoms with Crippen molar-refractivity contribution in [3.8, 4) is 0 Å². The second kappa shape index (κ2) is 7.58. The van der Waals surface area contributed by atoms with Gasteiger partial charge in [-0.25, -0.2) is 8.42 Å². The van der Waals surface area contributed by atoms with Gasteiger partial charge < -0.3 is 5.32 Å². The Hall–Kier alpha value is -2.51. The first kappa shape index (κ1) is 17.3. The molecule has 3 aromatic rings. The van der Waals surface area contributed by atoms with Crippen molar-refractivity contribution in [2.45, 2.75) is 10.1 Å². The third-order valence-corrected chi connectivity index (χ3v) is 6.68. The number of sulfone groups is 1. The first-order valence-electron chi connectivity index (χ1n) is 7.59. The summed E-state index contributed by atoms with van der Waals surface area (Å²) in [7, 11) is -3.67. The van der Waals surface area contributed by atoms with Crippen LogP contribution in [0, 0.1) is 0 Å². The van der Waals surface area contributed by atoms with Crippen molar-refractivity contribution in [1.29, 1.82) is 0 Å². The van der Waals surface area contributed by atoms with Gasteiger partial charge in [-0.2, -0.15) is 0 Å². The number of thiophene rings is 1. The molecular weight excluding hydrogens is 356 g/mol. The zero-order valence-electron chi connectivity index (χ0n) is 13.2. The molecule has 0 unspecified atom stereocenters. The average Bonchev–Trinajstić information content (AvgIpc) is 3.18. The maximum Gasteiger partial charge on any atom is 0.261 e. The van der Waals surface area contributed by atoms with E-state index in [1.807, 2.05) is 0 Å². The standard InChI is InChI=1S/C18H16N2O3S2/c21-18(16-9-5-11-24-16)20-13-17(14-6-4-10-19-12-14)25(22,23)15-7-2-1-3-8-15/h1-12,17H,13H2,(H,20,21)/t17-/m1/s1. The van der Waals surface area contributed by atoms with Gasteiger partial charge in [-0.05, 0) is 35.2 Å². The molecule has 128 valence electrons. The topological polar surface area (TPSA) is 76.1 Å². The molecule has 0 aliphatic rings. The van der Waals surface area contributed by atoms with Gasteiger partial charge in [0.2, 0.25) is 0 Å². The highest BCUT2D eigenvalue weighted by Gasteiger charge is 2.29. The van der Waals surface area contributed by atoms with E-state index in [0.29, 0.717) is 10.4 Å². The maximum absolute atomic E-state index is 13.1. The van der Waals surface area contributed by atoms with E-state index < -0.39 is 15.1 Å². The number of hydrogen-bond acceptors (Lipinski definition) is 5. The molecular formula is C18H16N2O3S2. The van der Waals surface area contributed by atoms with E-state index in [2.05, 4.69) is 10.3 Å². The quantitative estimate of drug-likeness (QED) is 0.721. The summed E-state index contributed by atoms with van der Waals surface area (Å²) >= 11 is 1.31. The van der Waals surface area contributed by atoms with Crippen LogP contribution < -0.4 is 5.32 Å². The van der Waals surface area contributed by atoms with E-state index >= 15 is 0 Å². The molecule has 2 heterocycles. The Kier molecular flexibility index (Phi) is 5.25. The molecule has 0 saturated carbocycles. The third-order valence-electron chi connectivity index (χ3n) is 3.70. The molecule has 25 heavy (non-hydrogen) atoms. The second-order valence-electron chi connectivity index (χ2n) is 5.32. The predicted molar refractivity (Wildman–Crippen MR) is 97.3 cm³/mol. The number of pyridine rings is 1. The number of aromatic nitrogens is 1. The zero-order valence-corrected chi connectivity index (χ0v) is 14.8. The highest BCUT2D eigenvalue weighted by molar-refractivity contribution is 7.91. The first-order valence-corrected chi connectivity index (χ1v) is 10.0. The van der Waals surface area contributed by atoms with Crippen LogP contribution in [0.1, 0.15) is 20.5 Å². The number of amides is 1. The van der Waals surface area contributed by atoms with Gasteiger partial charge >= 0.3 is 0 Å². The number of carbonyl (C=O) groups excluding carboxylic acids is 1. The van der Waals surface area contributed by atoms with Crippen LogP contribution >= 0.6 is 11.3 Å². The minimum absolute atomic E-state index is 0.0281. The van der Waals surface area contributed by atoms with E-state index in [4.69, 9.17) is 0 Å². The SMILES string of the molecule is O=C(NC[C@H](c1cccnc1)S(=O)(=O)c1ccccc1)c1cccs1. The lowest BCUT2D eigenvalue weighted by molar-refractivity contribution is 0.0957. The Morgan fingerprint density at radius 2 is 1.88 bits per heavy atom. The number of nitrogens with one attached hydrogen (secondary N) is 1. The van der Waals surface area contributed by atoms with E-state index in [1.165, 1.54) is 17.5 Å². The summed E-state index contributed by atoms with van der Waals surface area (Å²) in [6.45, 7) is -0.0281. The van der Waals surface area contributed by atoms with Crippen molar-refractivity contribution >= 4 is 27.1 Å². The smallest absolute Gasteiger partial charge is 0.261 e. The van der Waals surface area contributed by atoms with E-state index in [0.717, 1.165) is 0 Å². The minimum Gasteiger partial charge on any atom is -0.350 e. The van der Waals surface area contributed by atoms with E-state index in [1.54, 1.807) is 66.2 Å². The van der Waals surface area contributed by atoms with Crippen molar-refractivity contribution in [3.05, 3.63) is 82.8 Å². The fraction of sp³-hybridized carbons (Fsp3) is 0.111. The van der Waals surface area contributed by atoms with Gasteiger partial charge in [0.05, 0.1) is 9.77 Å². The lowest BCUT2D eigenvalue weighted by Crippen LogP contribution is -2.31. The second-order valence-corrected chi connectivity index (χ2v) is 8.40. The van der Waals surface area contributed by atoms with Crippen molar-refractivity contribution in [3.63, 3.8) is 0 Å². The molecule has 0 saturated heterocycles. The number of rotatable bonds is 6. The van der Waals surface area contributed by atoms with Crippen LogP contribution in [0.2, 0.25) is 0 Å². The van der Waals surface area contributed by atoms with Gasteiger partial charge in [-0.1, -0.05) is 30.3 Å². The molecule has 0 radical (unpaired) electrons. The molecule has 2 aromatic heterocycles. The molecule has 5 nitrogen and oxygen atoms in total. The third kappa shape index (κ3) is 3.94.